The summed E-state index contributed by atoms with van der Waals surface area (Å²) in [6, 6.07) is 27.3. The lowest BCUT2D eigenvalue weighted by molar-refractivity contribution is 0.0943. The van der Waals surface area contributed by atoms with Crippen LogP contribution in [0.4, 0.5) is 0 Å². The van der Waals surface area contributed by atoms with Crippen LogP contribution in [0.25, 0.3) is 22.4 Å². The lowest BCUT2D eigenvalue weighted by Crippen LogP contribution is -2.12. The molecular formula is C21H15N3O. The minimum atomic E-state index is -0.194. The van der Waals surface area contributed by atoms with Gasteiger partial charge >= 0.3 is 0 Å². The summed E-state index contributed by atoms with van der Waals surface area (Å²) in [4.78, 5) is 12.4. The van der Waals surface area contributed by atoms with E-state index in [-0.39, 0.29) is 5.91 Å². The van der Waals surface area contributed by atoms with E-state index in [0.717, 1.165) is 16.7 Å². The molecule has 0 saturated carbocycles. The highest BCUT2D eigenvalue weighted by molar-refractivity contribution is 5.95. The Kier molecular flexibility index (Phi) is 3.92. The van der Waals surface area contributed by atoms with E-state index in [4.69, 9.17) is 0 Å². The van der Waals surface area contributed by atoms with Crippen molar-refractivity contribution in [3.63, 3.8) is 0 Å². The molecule has 0 atom stereocenters. The van der Waals surface area contributed by atoms with E-state index < -0.39 is 0 Å². The highest BCUT2D eigenvalue weighted by Gasteiger charge is 2.12. The second-order valence-corrected chi connectivity index (χ2v) is 5.66. The largest absolute Gasteiger partial charge is 0.279 e. The maximum atomic E-state index is 12.4. The normalized spacial score (nSPS) is 10.6. The Bertz CT molecular complexity index is 990. The fourth-order valence-electron chi connectivity index (χ4n) is 2.67. The molecule has 0 spiro atoms. The van der Waals surface area contributed by atoms with E-state index >= 15 is 0 Å². The molecule has 0 saturated heterocycles. The topological polar surface area (TPSA) is 47.8 Å². The van der Waals surface area contributed by atoms with Gasteiger partial charge in [-0.2, -0.15) is 4.68 Å². The number of carbonyl (C=O) groups excluding carboxylic acids is 1. The molecule has 0 bridgehead atoms. The molecule has 120 valence electrons. The van der Waals surface area contributed by atoms with Gasteiger partial charge in [-0.3, -0.25) is 4.79 Å². The van der Waals surface area contributed by atoms with Crippen LogP contribution in [0.5, 0.6) is 0 Å². The quantitative estimate of drug-likeness (QED) is 0.564. The van der Waals surface area contributed by atoms with E-state index in [9.17, 15) is 4.79 Å². The van der Waals surface area contributed by atoms with Crippen LogP contribution in [0.2, 0.25) is 0 Å². The van der Waals surface area contributed by atoms with Gasteiger partial charge in [0.05, 0.1) is 6.20 Å². The van der Waals surface area contributed by atoms with Crippen molar-refractivity contribution in [2.24, 2.45) is 0 Å². The fraction of sp³-hybridized carbons (Fsp3) is 0. The molecule has 0 amide bonds. The first-order valence-electron chi connectivity index (χ1n) is 7.99. The minimum Gasteiger partial charge on any atom is -0.267 e. The first kappa shape index (κ1) is 15.0. The van der Waals surface area contributed by atoms with Gasteiger partial charge in [0.25, 0.3) is 5.91 Å². The number of hydrogen-bond donors (Lipinski definition) is 0. The number of carbonyl (C=O) groups is 1. The van der Waals surface area contributed by atoms with Gasteiger partial charge in [-0.15, -0.1) is 5.10 Å². The summed E-state index contributed by atoms with van der Waals surface area (Å²) in [6.45, 7) is 0. The third-order valence-electron chi connectivity index (χ3n) is 4.01. The van der Waals surface area contributed by atoms with Gasteiger partial charge in [-0.1, -0.05) is 78.0 Å². The molecule has 0 aliphatic heterocycles. The molecule has 3 aromatic carbocycles. The van der Waals surface area contributed by atoms with Crippen molar-refractivity contribution >= 4 is 5.91 Å². The molecule has 4 rings (SSSR count). The van der Waals surface area contributed by atoms with Crippen LogP contribution in [0.3, 0.4) is 0 Å². The molecule has 4 aromatic rings. The average Bonchev–Trinajstić information content (AvgIpc) is 3.19. The second-order valence-electron chi connectivity index (χ2n) is 5.66. The highest BCUT2D eigenvalue weighted by atomic mass is 16.2. The van der Waals surface area contributed by atoms with Gasteiger partial charge in [0, 0.05) is 11.1 Å². The van der Waals surface area contributed by atoms with Crippen LogP contribution >= 0.6 is 0 Å². The maximum absolute atomic E-state index is 12.4. The molecular weight excluding hydrogens is 310 g/mol. The third kappa shape index (κ3) is 3.10. The molecule has 4 heteroatoms. The summed E-state index contributed by atoms with van der Waals surface area (Å²) in [5, 5.41) is 8.09. The highest BCUT2D eigenvalue weighted by Crippen LogP contribution is 2.23. The summed E-state index contributed by atoms with van der Waals surface area (Å²) >= 11 is 0. The van der Waals surface area contributed by atoms with E-state index in [2.05, 4.69) is 22.4 Å². The van der Waals surface area contributed by atoms with Gasteiger partial charge in [0.1, 0.15) is 5.69 Å². The molecule has 0 N–H and O–H groups in total. The Hall–Kier alpha value is -3.53. The van der Waals surface area contributed by atoms with Crippen molar-refractivity contribution in [1.29, 1.82) is 0 Å². The summed E-state index contributed by atoms with van der Waals surface area (Å²) in [6.07, 6.45) is 1.66. The van der Waals surface area contributed by atoms with Crippen LogP contribution < -0.4 is 0 Å². The zero-order valence-electron chi connectivity index (χ0n) is 13.4. The predicted octanol–water partition coefficient (Wildman–Crippen LogP) is 4.30. The second kappa shape index (κ2) is 6.53. The van der Waals surface area contributed by atoms with Crippen molar-refractivity contribution in [3.05, 3.63) is 96.7 Å². The maximum Gasteiger partial charge on any atom is 0.279 e. The standard InChI is InChI=1S/C21H15N3O/c25-21(19-9-5-2-6-10-19)24-15-20(22-23-24)18-13-11-17(12-14-18)16-7-3-1-4-8-16/h1-15H. The Labute approximate surface area is 145 Å². The first-order valence-corrected chi connectivity index (χ1v) is 7.99. The zero-order chi connectivity index (χ0) is 17.1. The van der Waals surface area contributed by atoms with E-state index in [1.165, 1.54) is 4.68 Å². The Morgan fingerprint density at radius 3 is 1.92 bits per heavy atom. The van der Waals surface area contributed by atoms with Crippen molar-refractivity contribution < 1.29 is 4.79 Å². The molecule has 4 nitrogen and oxygen atoms in total. The van der Waals surface area contributed by atoms with Crippen LogP contribution in [0.1, 0.15) is 10.4 Å². The van der Waals surface area contributed by atoms with E-state index in [1.807, 2.05) is 60.7 Å². The molecule has 25 heavy (non-hydrogen) atoms. The summed E-state index contributed by atoms with van der Waals surface area (Å²) < 4.78 is 1.27. The number of benzene rings is 3. The monoisotopic (exact) mass is 325 g/mol. The molecule has 0 unspecified atom stereocenters. The van der Waals surface area contributed by atoms with Gasteiger partial charge in [0.15, 0.2) is 0 Å². The van der Waals surface area contributed by atoms with Crippen LogP contribution in [-0.2, 0) is 0 Å². The SMILES string of the molecule is O=C(c1ccccc1)n1cc(-c2ccc(-c3ccccc3)cc2)nn1. The molecule has 0 radical (unpaired) electrons. The van der Waals surface area contributed by atoms with Gasteiger partial charge in [0.2, 0.25) is 0 Å². The smallest absolute Gasteiger partial charge is 0.267 e. The van der Waals surface area contributed by atoms with Crippen LogP contribution in [0.15, 0.2) is 91.1 Å². The number of aromatic nitrogens is 3. The van der Waals surface area contributed by atoms with Crippen molar-refractivity contribution in [2.45, 2.75) is 0 Å². The predicted molar refractivity (Wildman–Crippen MR) is 97.1 cm³/mol. The van der Waals surface area contributed by atoms with Crippen molar-refractivity contribution in [2.75, 3.05) is 0 Å². The lowest BCUT2D eigenvalue weighted by Gasteiger charge is -2.02. The lowest BCUT2D eigenvalue weighted by atomic mass is 10.0. The first-order chi connectivity index (χ1) is 12.3. The Balaban J connectivity index is 1.59. The van der Waals surface area contributed by atoms with E-state index in [0.29, 0.717) is 11.3 Å². The number of nitrogens with zero attached hydrogens (tertiary/aromatic N) is 3. The van der Waals surface area contributed by atoms with Gasteiger partial charge < -0.3 is 0 Å². The van der Waals surface area contributed by atoms with Crippen molar-refractivity contribution in [1.82, 2.24) is 15.0 Å². The van der Waals surface area contributed by atoms with Crippen LogP contribution in [0, 0.1) is 0 Å². The van der Waals surface area contributed by atoms with Crippen LogP contribution in [-0.4, -0.2) is 20.9 Å². The fourth-order valence-corrected chi connectivity index (χ4v) is 2.67. The minimum absolute atomic E-state index is 0.194. The zero-order valence-corrected chi connectivity index (χ0v) is 13.4. The average molecular weight is 325 g/mol. The number of hydrogen-bond acceptors (Lipinski definition) is 3. The van der Waals surface area contributed by atoms with Gasteiger partial charge in [-0.25, -0.2) is 0 Å². The van der Waals surface area contributed by atoms with Crippen molar-refractivity contribution in [3.8, 4) is 22.4 Å². The Morgan fingerprint density at radius 2 is 1.24 bits per heavy atom. The molecule has 0 fully saturated rings. The summed E-state index contributed by atoms with van der Waals surface area (Å²) in [5.41, 5.74) is 4.48. The Morgan fingerprint density at radius 1 is 0.680 bits per heavy atom. The van der Waals surface area contributed by atoms with E-state index in [1.54, 1.807) is 18.3 Å². The molecule has 0 aliphatic rings. The van der Waals surface area contributed by atoms with Gasteiger partial charge in [-0.05, 0) is 23.3 Å². The molecule has 0 aliphatic carbocycles. The summed E-state index contributed by atoms with van der Waals surface area (Å²) in [7, 11) is 0. The third-order valence-corrected chi connectivity index (χ3v) is 4.01. The number of rotatable bonds is 3. The molecule has 1 aromatic heterocycles. The molecule has 1 heterocycles. The summed E-state index contributed by atoms with van der Waals surface area (Å²) in [5.74, 6) is -0.194.